The van der Waals surface area contributed by atoms with Gasteiger partial charge in [0.2, 0.25) is 0 Å². The van der Waals surface area contributed by atoms with Gasteiger partial charge in [0.1, 0.15) is 0 Å². The lowest BCUT2D eigenvalue weighted by Crippen LogP contribution is -2.16. The van der Waals surface area contributed by atoms with Crippen LogP contribution in [0.2, 0.25) is 0 Å². The van der Waals surface area contributed by atoms with Crippen molar-refractivity contribution in [3.63, 3.8) is 0 Å². The van der Waals surface area contributed by atoms with E-state index in [1.165, 1.54) is 82.3 Å². The molecule has 0 saturated carbocycles. The van der Waals surface area contributed by atoms with Crippen molar-refractivity contribution < 1.29 is 0 Å². The minimum atomic E-state index is -0.125. The van der Waals surface area contributed by atoms with Gasteiger partial charge in [-0.15, -0.1) is 0 Å². The Balaban J connectivity index is 1.12. The summed E-state index contributed by atoms with van der Waals surface area (Å²) in [5, 5.41) is 7.46. The number of rotatable bonds is 5. The van der Waals surface area contributed by atoms with Gasteiger partial charge in [0.15, 0.2) is 0 Å². The second kappa shape index (κ2) is 12.3. The number of hydrogen-bond acceptors (Lipinski definition) is 1. The van der Waals surface area contributed by atoms with Crippen LogP contribution in [0.1, 0.15) is 25.0 Å². The standard InChI is InChI=1S/C55H39N3/c1-55(2)47-21-10-6-20-45(47)53-48(55)22-14-26-52(53)56(38-30-32-39(33-31-38)57-49-23-11-7-17-41(49)42-18-8-12-24-50(42)57)40-29-27-36-28-34-44-43-19-9-13-25-51(43)58(54(44)46(36)35-40)37-15-4-3-5-16-37/h3-35H,1-2H3. The number of aromatic nitrogens is 2. The lowest BCUT2D eigenvalue weighted by molar-refractivity contribution is 0.660. The van der Waals surface area contributed by atoms with E-state index in [4.69, 9.17) is 0 Å². The number of nitrogens with zero attached hydrogens (tertiary/aromatic N) is 3. The first-order chi connectivity index (χ1) is 28.6. The molecule has 0 unspecified atom stereocenters. The van der Waals surface area contributed by atoms with Crippen molar-refractivity contribution in [2.24, 2.45) is 0 Å². The SMILES string of the molecule is CC1(C)c2ccccc2-c2c(N(c3ccc(-n4c5ccccc5c5ccccc54)cc3)c3ccc4ccc5c6ccccc6n(-c6ccccc6)c5c4c3)cccc21. The molecule has 0 atom stereocenters. The van der Waals surface area contributed by atoms with Crippen LogP contribution in [0.25, 0.3) is 76.9 Å². The predicted molar refractivity (Wildman–Crippen MR) is 245 cm³/mol. The highest BCUT2D eigenvalue weighted by atomic mass is 15.1. The molecule has 1 aliphatic carbocycles. The van der Waals surface area contributed by atoms with E-state index in [0.717, 1.165) is 22.7 Å². The van der Waals surface area contributed by atoms with E-state index < -0.39 is 0 Å². The molecule has 3 heteroatoms. The molecule has 0 bridgehead atoms. The summed E-state index contributed by atoms with van der Waals surface area (Å²) in [4.78, 5) is 2.49. The number of benzene rings is 9. The Morgan fingerprint density at radius 3 is 1.67 bits per heavy atom. The quantitative estimate of drug-likeness (QED) is 0.171. The molecule has 0 N–H and O–H groups in total. The summed E-state index contributed by atoms with van der Waals surface area (Å²) in [5.41, 5.74) is 15.7. The molecule has 0 amide bonds. The van der Waals surface area contributed by atoms with Crippen molar-refractivity contribution >= 4 is 71.4 Å². The minimum absolute atomic E-state index is 0.125. The maximum absolute atomic E-state index is 2.49. The van der Waals surface area contributed by atoms with Gasteiger partial charge < -0.3 is 14.0 Å². The second-order valence-electron chi connectivity index (χ2n) is 16.1. The molecule has 1 aliphatic rings. The van der Waals surface area contributed by atoms with Crippen molar-refractivity contribution in [2.75, 3.05) is 4.90 Å². The van der Waals surface area contributed by atoms with Gasteiger partial charge in [0.25, 0.3) is 0 Å². The van der Waals surface area contributed by atoms with Crippen LogP contribution in [0.15, 0.2) is 200 Å². The monoisotopic (exact) mass is 741 g/mol. The van der Waals surface area contributed by atoms with E-state index >= 15 is 0 Å². The van der Waals surface area contributed by atoms with Crippen LogP contribution >= 0.6 is 0 Å². The number of fused-ring (bicyclic) bond motifs is 11. The first kappa shape index (κ1) is 32.8. The van der Waals surface area contributed by atoms with Crippen molar-refractivity contribution in [1.82, 2.24) is 9.13 Å². The molecule has 2 heterocycles. The molecule has 274 valence electrons. The molecular weight excluding hydrogens is 703 g/mol. The van der Waals surface area contributed by atoms with E-state index in [1.807, 2.05) is 0 Å². The maximum atomic E-state index is 2.49. The van der Waals surface area contributed by atoms with Crippen molar-refractivity contribution in [3.05, 3.63) is 211 Å². The summed E-state index contributed by atoms with van der Waals surface area (Å²) in [5.74, 6) is 0. The molecule has 12 rings (SSSR count). The van der Waals surface area contributed by atoms with Crippen molar-refractivity contribution in [3.8, 4) is 22.5 Å². The van der Waals surface area contributed by atoms with Crippen molar-refractivity contribution in [2.45, 2.75) is 19.3 Å². The molecule has 3 nitrogen and oxygen atoms in total. The van der Waals surface area contributed by atoms with Gasteiger partial charge in [0.05, 0.1) is 27.8 Å². The molecule has 0 saturated heterocycles. The van der Waals surface area contributed by atoms with E-state index in [2.05, 4.69) is 228 Å². The summed E-state index contributed by atoms with van der Waals surface area (Å²) in [6.45, 7) is 4.73. The average molecular weight is 742 g/mol. The highest BCUT2D eigenvalue weighted by Gasteiger charge is 2.37. The van der Waals surface area contributed by atoms with E-state index in [-0.39, 0.29) is 5.41 Å². The fraction of sp³-hybridized carbons (Fsp3) is 0.0545. The first-order valence-corrected chi connectivity index (χ1v) is 20.2. The van der Waals surface area contributed by atoms with Gasteiger partial charge in [-0.2, -0.15) is 0 Å². The Morgan fingerprint density at radius 1 is 0.397 bits per heavy atom. The Labute approximate surface area is 337 Å². The van der Waals surface area contributed by atoms with Crippen LogP contribution in [-0.4, -0.2) is 9.13 Å². The molecule has 58 heavy (non-hydrogen) atoms. The van der Waals surface area contributed by atoms with Crippen LogP contribution in [-0.2, 0) is 5.41 Å². The lowest BCUT2D eigenvalue weighted by atomic mass is 9.82. The van der Waals surface area contributed by atoms with Gasteiger partial charge in [-0.3, -0.25) is 0 Å². The Morgan fingerprint density at radius 2 is 0.948 bits per heavy atom. The zero-order valence-corrected chi connectivity index (χ0v) is 32.4. The molecule has 0 aliphatic heterocycles. The van der Waals surface area contributed by atoms with Crippen LogP contribution in [0.5, 0.6) is 0 Å². The van der Waals surface area contributed by atoms with Crippen LogP contribution < -0.4 is 4.90 Å². The summed E-state index contributed by atoms with van der Waals surface area (Å²) < 4.78 is 4.84. The van der Waals surface area contributed by atoms with Gasteiger partial charge in [-0.25, -0.2) is 0 Å². The van der Waals surface area contributed by atoms with E-state index in [0.29, 0.717) is 0 Å². The van der Waals surface area contributed by atoms with Gasteiger partial charge in [-0.05, 0) is 94.9 Å². The maximum Gasteiger partial charge on any atom is 0.0620 e. The van der Waals surface area contributed by atoms with Crippen molar-refractivity contribution in [1.29, 1.82) is 0 Å². The summed E-state index contributed by atoms with van der Waals surface area (Å²) in [7, 11) is 0. The minimum Gasteiger partial charge on any atom is -0.310 e. The first-order valence-electron chi connectivity index (χ1n) is 20.2. The van der Waals surface area contributed by atoms with Gasteiger partial charge in [0, 0.05) is 60.7 Å². The van der Waals surface area contributed by atoms with Gasteiger partial charge >= 0.3 is 0 Å². The zero-order valence-electron chi connectivity index (χ0n) is 32.4. The van der Waals surface area contributed by atoms with E-state index in [1.54, 1.807) is 0 Å². The Kier molecular flexibility index (Phi) is 6.98. The molecule has 0 fully saturated rings. The summed E-state index contributed by atoms with van der Waals surface area (Å²) in [6, 6.07) is 73.7. The van der Waals surface area contributed by atoms with Crippen LogP contribution in [0, 0.1) is 0 Å². The highest BCUT2D eigenvalue weighted by molar-refractivity contribution is 6.19. The number of hydrogen-bond donors (Lipinski definition) is 0. The number of anilines is 3. The Bertz CT molecular complexity index is 3370. The van der Waals surface area contributed by atoms with Gasteiger partial charge in [-0.1, -0.05) is 141 Å². The van der Waals surface area contributed by atoms with Crippen LogP contribution in [0.3, 0.4) is 0 Å². The smallest absolute Gasteiger partial charge is 0.0620 e. The molecule has 0 radical (unpaired) electrons. The average Bonchev–Trinajstić information content (AvgIpc) is 3.88. The van der Waals surface area contributed by atoms with E-state index in [9.17, 15) is 0 Å². The normalized spacial score (nSPS) is 13.1. The fourth-order valence-electron chi connectivity index (χ4n) is 10.1. The molecule has 9 aromatic carbocycles. The van der Waals surface area contributed by atoms with Crippen LogP contribution in [0.4, 0.5) is 17.1 Å². The Hall–Kier alpha value is -7.36. The highest BCUT2D eigenvalue weighted by Crippen LogP contribution is 2.54. The predicted octanol–water partition coefficient (Wildman–Crippen LogP) is 14.8. The largest absolute Gasteiger partial charge is 0.310 e. The molecule has 2 aromatic heterocycles. The lowest BCUT2D eigenvalue weighted by Gasteiger charge is -2.29. The third-order valence-electron chi connectivity index (χ3n) is 12.7. The molecule has 0 spiro atoms. The molecular formula is C55H39N3. The number of para-hydroxylation sites is 4. The third kappa shape index (κ3) is 4.62. The zero-order chi connectivity index (χ0) is 38.5. The fourth-order valence-corrected chi connectivity index (χ4v) is 10.1. The third-order valence-corrected chi connectivity index (χ3v) is 12.7. The summed E-state index contributed by atoms with van der Waals surface area (Å²) in [6.07, 6.45) is 0. The molecule has 11 aromatic rings. The topological polar surface area (TPSA) is 13.1 Å². The summed E-state index contributed by atoms with van der Waals surface area (Å²) >= 11 is 0. The second-order valence-corrected chi connectivity index (χ2v) is 16.1.